The van der Waals surface area contributed by atoms with E-state index in [1.807, 2.05) is 0 Å². The van der Waals surface area contributed by atoms with Crippen molar-refractivity contribution >= 4 is 8.25 Å². The van der Waals surface area contributed by atoms with Gasteiger partial charge in [0.05, 0.1) is 24.5 Å². The van der Waals surface area contributed by atoms with Crippen molar-refractivity contribution in [1.82, 2.24) is 5.32 Å². The lowest BCUT2D eigenvalue weighted by molar-refractivity contribution is -0.228. The van der Waals surface area contributed by atoms with Gasteiger partial charge in [-0.05, 0) is 13.8 Å². The highest BCUT2D eigenvalue weighted by atomic mass is 31.1. The molecule has 3 atom stereocenters. The number of rotatable bonds is 2. The van der Waals surface area contributed by atoms with Crippen molar-refractivity contribution < 1.29 is 45.4 Å². The van der Waals surface area contributed by atoms with Crippen LogP contribution >= 0.6 is 8.25 Å². The Bertz CT molecular complexity index is 373. The smallest absolute Gasteiger partial charge is 0.369 e. The van der Waals surface area contributed by atoms with Crippen LogP contribution < -0.4 is 5.32 Å². The molecule has 5 nitrogen and oxygen atoms in total. The molecule has 1 saturated heterocycles. The van der Waals surface area contributed by atoms with Gasteiger partial charge in [0.1, 0.15) is 0 Å². The highest BCUT2D eigenvalue weighted by Crippen LogP contribution is 2.38. The first-order valence-electron chi connectivity index (χ1n) is 6.11. The first kappa shape index (κ1) is 21.6. The Hall–Kier alpha value is -0.350. The molecule has 1 aliphatic rings. The molecule has 12 heteroatoms. The summed E-state index contributed by atoms with van der Waals surface area (Å²) in [5.74, 6) is 0. The van der Waals surface area contributed by atoms with Crippen molar-refractivity contribution in [3.63, 3.8) is 0 Å². The van der Waals surface area contributed by atoms with E-state index in [2.05, 4.69) is 5.32 Å². The molecule has 1 fully saturated rings. The van der Waals surface area contributed by atoms with Gasteiger partial charge < -0.3 is 19.8 Å². The largest absolute Gasteiger partial charge is 0.391 e. The van der Waals surface area contributed by atoms with Crippen LogP contribution in [0.5, 0.6) is 0 Å². The molecule has 0 aliphatic carbocycles. The van der Waals surface area contributed by atoms with Gasteiger partial charge in [-0.2, -0.15) is 26.3 Å². The number of halogens is 6. The van der Waals surface area contributed by atoms with Gasteiger partial charge in [-0.1, -0.05) is 0 Å². The van der Waals surface area contributed by atoms with E-state index in [1.54, 1.807) is 0 Å². The Kier molecular flexibility index (Phi) is 7.83. The zero-order valence-electron chi connectivity index (χ0n) is 11.8. The summed E-state index contributed by atoms with van der Waals surface area (Å²) >= 11 is 0. The number of morpholine rings is 1. The molecule has 0 aromatic heterocycles. The lowest BCUT2D eigenvalue weighted by Gasteiger charge is -2.45. The van der Waals surface area contributed by atoms with Crippen molar-refractivity contribution in [1.29, 1.82) is 0 Å². The van der Waals surface area contributed by atoms with Gasteiger partial charge >= 0.3 is 20.6 Å². The van der Waals surface area contributed by atoms with Gasteiger partial charge in [-0.3, -0.25) is 4.57 Å². The second-order valence-corrected chi connectivity index (χ2v) is 5.66. The number of hydrogen-bond acceptors (Lipinski definition) is 3. The maximum absolute atomic E-state index is 12.4. The number of hydrogen-bond donors (Lipinski definition) is 3. The third-order valence-corrected chi connectivity index (χ3v) is 2.85. The monoisotopic (exact) mass is 361 g/mol. The quantitative estimate of drug-likeness (QED) is 0.520. The van der Waals surface area contributed by atoms with E-state index in [-0.39, 0.29) is 6.54 Å². The maximum atomic E-state index is 12.4. The zero-order valence-corrected chi connectivity index (χ0v) is 12.8. The molecule has 0 radical (unpaired) electrons. The van der Waals surface area contributed by atoms with Crippen LogP contribution in [0.25, 0.3) is 0 Å². The van der Waals surface area contributed by atoms with Crippen LogP contribution in [0.2, 0.25) is 0 Å². The predicted molar refractivity (Wildman–Crippen MR) is 65.5 cm³/mol. The molecular weight excluding hydrogens is 343 g/mol. The lowest BCUT2D eigenvalue weighted by atomic mass is 9.87. The van der Waals surface area contributed by atoms with Crippen LogP contribution in [0.3, 0.4) is 0 Å². The fraction of sp³-hybridized carbons (Fsp3) is 1.00. The summed E-state index contributed by atoms with van der Waals surface area (Å²) in [6.07, 6.45) is -12.4. The van der Waals surface area contributed by atoms with Crippen molar-refractivity contribution in [3.8, 4) is 0 Å². The zero-order chi connectivity index (χ0) is 17.8. The first-order valence-corrected chi connectivity index (χ1v) is 7.41. The summed E-state index contributed by atoms with van der Waals surface area (Å²) in [6.45, 7) is 2.69. The average molecular weight is 361 g/mol. The van der Waals surface area contributed by atoms with Gasteiger partial charge in [0.2, 0.25) is 0 Å². The molecule has 3 N–H and O–H groups in total. The van der Waals surface area contributed by atoms with Crippen molar-refractivity contribution in [2.45, 2.75) is 56.8 Å². The van der Waals surface area contributed by atoms with E-state index in [4.69, 9.17) is 19.1 Å². The molecule has 3 unspecified atom stereocenters. The first-order chi connectivity index (χ1) is 9.65. The highest BCUT2D eigenvalue weighted by Gasteiger charge is 2.51. The Morgan fingerprint density at radius 3 is 2.05 bits per heavy atom. The van der Waals surface area contributed by atoms with Gasteiger partial charge in [0.25, 0.3) is 0 Å². The summed E-state index contributed by atoms with van der Waals surface area (Å²) in [4.78, 5) is 14.3. The topological polar surface area (TPSA) is 78.8 Å². The van der Waals surface area contributed by atoms with Crippen LogP contribution in [0.4, 0.5) is 26.3 Å². The number of nitrogens with one attached hydrogen (secondary N) is 1. The van der Waals surface area contributed by atoms with Crippen molar-refractivity contribution in [2.75, 3.05) is 6.54 Å². The summed E-state index contributed by atoms with van der Waals surface area (Å²) in [7, 11) is -3.13. The second-order valence-electron chi connectivity index (χ2n) is 5.10. The fourth-order valence-corrected chi connectivity index (χ4v) is 2.19. The van der Waals surface area contributed by atoms with E-state index in [0.29, 0.717) is 0 Å². The van der Waals surface area contributed by atoms with Crippen molar-refractivity contribution in [2.24, 2.45) is 0 Å². The minimum atomic E-state index is -4.57. The van der Waals surface area contributed by atoms with E-state index in [0.717, 1.165) is 6.92 Å². The minimum absolute atomic E-state index is 0.105. The lowest BCUT2D eigenvalue weighted by Crippen LogP contribution is -2.61. The van der Waals surface area contributed by atoms with Crippen LogP contribution in [-0.2, 0) is 9.30 Å². The molecule has 134 valence electrons. The Labute approximate surface area is 123 Å². The fourth-order valence-electron chi connectivity index (χ4n) is 2.19. The highest BCUT2D eigenvalue weighted by molar-refractivity contribution is 7.30. The molecule has 1 aliphatic heterocycles. The van der Waals surface area contributed by atoms with Crippen LogP contribution in [0.1, 0.15) is 26.7 Å². The molecule has 1 heterocycles. The van der Waals surface area contributed by atoms with Gasteiger partial charge in [0, 0.05) is 12.6 Å². The summed E-state index contributed by atoms with van der Waals surface area (Å²) in [5.41, 5.74) is -1.90. The average Bonchev–Trinajstić information content (AvgIpc) is 2.16. The normalized spacial score (nSPS) is 30.0. The predicted octanol–water partition coefficient (Wildman–Crippen LogP) is 2.39. The van der Waals surface area contributed by atoms with E-state index >= 15 is 0 Å². The molecule has 22 heavy (non-hydrogen) atoms. The third-order valence-electron chi connectivity index (χ3n) is 2.85. The van der Waals surface area contributed by atoms with Crippen LogP contribution in [0.15, 0.2) is 0 Å². The minimum Gasteiger partial charge on any atom is -0.369 e. The number of ether oxygens (including phenoxy) is 1. The van der Waals surface area contributed by atoms with Crippen LogP contribution in [0, 0.1) is 0 Å². The molecular formula is C10H18F6NO4P. The molecule has 1 rings (SSSR count). The Morgan fingerprint density at radius 2 is 1.68 bits per heavy atom. The molecule has 0 aromatic carbocycles. The SMILES string of the molecule is CC1CNC(CC(F)(F)F)C(C)(CC(F)(F)F)O1.O=[PH](O)O. The second kappa shape index (κ2) is 7.96. The Morgan fingerprint density at radius 1 is 1.23 bits per heavy atom. The molecule has 0 bridgehead atoms. The third kappa shape index (κ3) is 9.62. The van der Waals surface area contributed by atoms with Gasteiger partial charge in [-0.25, -0.2) is 0 Å². The maximum Gasteiger partial charge on any atom is 0.391 e. The van der Waals surface area contributed by atoms with Gasteiger partial charge in [0.15, 0.2) is 0 Å². The van der Waals surface area contributed by atoms with E-state index in [9.17, 15) is 26.3 Å². The summed E-state index contributed by atoms with van der Waals surface area (Å²) in [5, 5.41) is 2.49. The Balaban J connectivity index is 0.000000980. The summed E-state index contributed by atoms with van der Waals surface area (Å²) < 4.78 is 88.2. The molecule has 0 spiro atoms. The van der Waals surface area contributed by atoms with E-state index < -0.39 is 51.2 Å². The van der Waals surface area contributed by atoms with E-state index in [1.165, 1.54) is 6.92 Å². The van der Waals surface area contributed by atoms with Gasteiger partial charge in [-0.15, -0.1) is 0 Å². The van der Waals surface area contributed by atoms with Crippen LogP contribution in [-0.4, -0.2) is 46.4 Å². The van der Waals surface area contributed by atoms with Crippen molar-refractivity contribution in [3.05, 3.63) is 0 Å². The molecule has 0 aromatic rings. The molecule has 0 amide bonds. The summed E-state index contributed by atoms with van der Waals surface area (Å²) in [6, 6.07) is -1.39. The number of alkyl halides is 6. The molecule has 0 saturated carbocycles. The standard InChI is InChI=1S/C10H15F6NO.H3O3P/c1-6-4-17-7(3-9(11,12)13)8(2,18-6)5-10(14,15)16;1-4(2)3/h6-7,17H,3-5H2,1-2H3;4H,(H2,1,2,3).